The first-order valence-electron chi connectivity index (χ1n) is 7.82. The number of nitrogens with one attached hydrogen (secondary N) is 1. The number of aryl methyl sites for hydroxylation is 1. The number of hydrogen-bond acceptors (Lipinski definition) is 1. The molecule has 0 radical (unpaired) electrons. The molecule has 112 valence electrons. The van der Waals surface area contributed by atoms with Crippen LogP contribution in [0.4, 0.5) is 0 Å². The normalized spacial score (nSPS) is 12.3. The standard InChI is InChI=1S/C19H24ClN/c1-3-7-15-8-5-9-16(13-15)19(21-12-4-2)17-10-6-11-18(20)14-17/h5-6,8-11,13-14,19,21H,3-4,7,12H2,1-2H3. The van der Waals surface area contributed by atoms with Crippen molar-refractivity contribution in [2.24, 2.45) is 0 Å². The first-order chi connectivity index (χ1) is 10.2. The Morgan fingerprint density at radius 2 is 1.67 bits per heavy atom. The predicted octanol–water partition coefficient (Wildman–Crippen LogP) is 5.38. The lowest BCUT2D eigenvalue weighted by molar-refractivity contribution is 0.598. The Bertz CT molecular complexity index is 565. The van der Waals surface area contributed by atoms with Crippen molar-refractivity contribution < 1.29 is 0 Å². The summed E-state index contributed by atoms with van der Waals surface area (Å²) in [4.78, 5) is 0. The largest absolute Gasteiger partial charge is 0.306 e. The van der Waals surface area contributed by atoms with Crippen LogP contribution in [0, 0.1) is 0 Å². The minimum atomic E-state index is 0.209. The van der Waals surface area contributed by atoms with Crippen LogP contribution in [-0.2, 0) is 6.42 Å². The lowest BCUT2D eigenvalue weighted by atomic mass is 9.96. The van der Waals surface area contributed by atoms with Crippen LogP contribution in [0.25, 0.3) is 0 Å². The molecule has 0 heterocycles. The Labute approximate surface area is 133 Å². The van der Waals surface area contributed by atoms with Crippen molar-refractivity contribution in [1.82, 2.24) is 5.32 Å². The SMILES string of the molecule is CCCNC(c1cccc(Cl)c1)c1cccc(CCC)c1. The zero-order valence-electron chi connectivity index (χ0n) is 12.9. The Morgan fingerprint density at radius 1 is 0.952 bits per heavy atom. The van der Waals surface area contributed by atoms with E-state index in [2.05, 4.69) is 55.6 Å². The van der Waals surface area contributed by atoms with Gasteiger partial charge >= 0.3 is 0 Å². The summed E-state index contributed by atoms with van der Waals surface area (Å²) in [5, 5.41) is 4.43. The highest BCUT2D eigenvalue weighted by atomic mass is 35.5. The lowest BCUT2D eigenvalue weighted by Gasteiger charge is -2.20. The van der Waals surface area contributed by atoms with Gasteiger partial charge in [0, 0.05) is 5.02 Å². The lowest BCUT2D eigenvalue weighted by Crippen LogP contribution is -2.23. The maximum absolute atomic E-state index is 6.16. The van der Waals surface area contributed by atoms with Crippen molar-refractivity contribution in [1.29, 1.82) is 0 Å². The summed E-state index contributed by atoms with van der Waals surface area (Å²) in [6.45, 7) is 5.40. The Hall–Kier alpha value is -1.31. The van der Waals surface area contributed by atoms with E-state index in [0.717, 1.165) is 24.4 Å². The van der Waals surface area contributed by atoms with Crippen LogP contribution in [0.5, 0.6) is 0 Å². The van der Waals surface area contributed by atoms with Crippen molar-refractivity contribution in [3.8, 4) is 0 Å². The summed E-state index contributed by atoms with van der Waals surface area (Å²) >= 11 is 6.16. The smallest absolute Gasteiger partial charge is 0.0577 e. The maximum Gasteiger partial charge on any atom is 0.0577 e. The first kappa shape index (κ1) is 16.1. The molecule has 21 heavy (non-hydrogen) atoms. The van der Waals surface area contributed by atoms with E-state index in [1.807, 2.05) is 12.1 Å². The monoisotopic (exact) mass is 301 g/mol. The van der Waals surface area contributed by atoms with Crippen LogP contribution >= 0.6 is 11.6 Å². The van der Waals surface area contributed by atoms with E-state index in [1.165, 1.54) is 23.1 Å². The van der Waals surface area contributed by atoms with Crippen LogP contribution in [0.1, 0.15) is 49.4 Å². The molecule has 1 N–H and O–H groups in total. The van der Waals surface area contributed by atoms with Gasteiger partial charge in [0.1, 0.15) is 0 Å². The highest BCUT2D eigenvalue weighted by Gasteiger charge is 2.13. The third-order valence-corrected chi connectivity index (χ3v) is 3.84. The van der Waals surface area contributed by atoms with E-state index >= 15 is 0 Å². The van der Waals surface area contributed by atoms with Gasteiger partial charge in [-0.3, -0.25) is 0 Å². The topological polar surface area (TPSA) is 12.0 Å². The van der Waals surface area contributed by atoms with E-state index < -0.39 is 0 Å². The first-order valence-corrected chi connectivity index (χ1v) is 8.20. The molecule has 0 spiro atoms. The molecular weight excluding hydrogens is 278 g/mol. The van der Waals surface area contributed by atoms with Gasteiger partial charge in [0.15, 0.2) is 0 Å². The average molecular weight is 302 g/mol. The number of benzene rings is 2. The van der Waals surface area contributed by atoms with Crippen molar-refractivity contribution >= 4 is 11.6 Å². The van der Waals surface area contributed by atoms with Crippen LogP contribution in [-0.4, -0.2) is 6.54 Å². The third-order valence-electron chi connectivity index (χ3n) is 3.60. The molecule has 0 aliphatic carbocycles. The van der Waals surface area contributed by atoms with Crippen LogP contribution in [0.2, 0.25) is 5.02 Å². The molecule has 2 rings (SSSR count). The third kappa shape index (κ3) is 4.59. The van der Waals surface area contributed by atoms with Gasteiger partial charge in [0.2, 0.25) is 0 Å². The molecule has 0 aromatic heterocycles. The molecule has 0 amide bonds. The molecule has 0 aliphatic heterocycles. The molecule has 0 saturated heterocycles. The fourth-order valence-electron chi connectivity index (χ4n) is 2.62. The number of halogens is 1. The van der Waals surface area contributed by atoms with Gasteiger partial charge in [-0.25, -0.2) is 0 Å². The Morgan fingerprint density at radius 3 is 2.33 bits per heavy atom. The molecule has 1 atom stereocenters. The summed E-state index contributed by atoms with van der Waals surface area (Å²) in [7, 11) is 0. The molecule has 0 aliphatic rings. The van der Waals surface area contributed by atoms with Crippen LogP contribution < -0.4 is 5.32 Å². The van der Waals surface area contributed by atoms with Crippen molar-refractivity contribution in [3.05, 3.63) is 70.2 Å². The van der Waals surface area contributed by atoms with E-state index in [-0.39, 0.29) is 6.04 Å². The van der Waals surface area contributed by atoms with E-state index in [1.54, 1.807) is 0 Å². The van der Waals surface area contributed by atoms with Crippen LogP contribution in [0.3, 0.4) is 0 Å². The summed E-state index contributed by atoms with van der Waals surface area (Å²) in [6.07, 6.45) is 3.42. The Kier molecular flexibility index (Phi) is 6.28. The van der Waals surface area contributed by atoms with Gasteiger partial charge < -0.3 is 5.32 Å². The quantitative estimate of drug-likeness (QED) is 0.724. The second-order valence-corrected chi connectivity index (χ2v) is 5.87. The predicted molar refractivity (Wildman–Crippen MR) is 92.0 cm³/mol. The fraction of sp³-hybridized carbons (Fsp3) is 0.368. The van der Waals surface area contributed by atoms with Crippen molar-refractivity contribution in [3.63, 3.8) is 0 Å². The highest BCUT2D eigenvalue weighted by molar-refractivity contribution is 6.30. The molecule has 0 saturated carbocycles. The molecule has 0 fully saturated rings. The van der Waals surface area contributed by atoms with Crippen molar-refractivity contribution in [2.45, 2.75) is 39.2 Å². The molecule has 2 aromatic carbocycles. The summed E-state index contributed by atoms with van der Waals surface area (Å²) in [6, 6.07) is 17.2. The molecule has 2 aromatic rings. The number of rotatable bonds is 7. The summed E-state index contributed by atoms with van der Waals surface area (Å²) in [5.74, 6) is 0. The van der Waals surface area contributed by atoms with Gasteiger partial charge in [0.05, 0.1) is 6.04 Å². The maximum atomic E-state index is 6.16. The average Bonchev–Trinajstić information content (AvgIpc) is 2.49. The second kappa shape index (κ2) is 8.21. The minimum Gasteiger partial charge on any atom is -0.306 e. The zero-order valence-corrected chi connectivity index (χ0v) is 13.7. The van der Waals surface area contributed by atoms with Gasteiger partial charge in [-0.05, 0) is 48.2 Å². The van der Waals surface area contributed by atoms with Gasteiger partial charge in [-0.15, -0.1) is 0 Å². The van der Waals surface area contributed by atoms with E-state index in [9.17, 15) is 0 Å². The van der Waals surface area contributed by atoms with E-state index in [4.69, 9.17) is 11.6 Å². The molecule has 1 nitrogen and oxygen atoms in total. The molecule has 1 unspecified atom stereocenters. The summed E-state index contributed by atoms with van der Waals surface area (Å²) in [5.41, 5.74) is 3.95. The summed E-state index contributed by atoms with van der Waals surface area (Å²) < 4.78 is 0. The Balaban J connectivity index is 2.33. The van der Waals surface area contributed by atoms with Gasteiger partial charge in [-0.1, -0.05) is 68.3 Å². The second-order valence-electron chi connectivity index (χ2n) is 5.44. The van der Waals surface area contributed by atoms with Gasteiger partial charge in [0.25, 0.3) is 0 Å². The highest BCUT2D eigenvalue weighted by Crippen LogP contribution is 2.25. The van der Waals surface area contributed by atoms with Gasteiger partial charge in [-0.2, -0.15) is 0 Å². The fourth-order valence-corrected chi connectivity index (χ4v) is 2.82. The molecule has 0 bridgehead atoms. The molecule has 2 heteroatoms. The van der Waals surface area contributed by atoms with Crippen molar-refractivity contribution in [2.75, 3.05) is 6.54 Å². The minimum absolute atomic E-state index is 0.209. The van der Waals surface area contributed by atoms with Crippen LogP contribution in [0.15, 0.2) is 48.5 Å². The van der Waals surface area contributed by atoms with E-state index in [0.29, 0.717) is 0 Å². The number of hydrogen-bond donors (Lipinski definition) is 1. The molecular formula is C19H24ClN. The zero-order chi connectivity index (χ0) is 15.1.